The van der Waals surface area contributed by atoms with Gasteiger partial charge in [0.15, 0.2) is 0 Å². The molecule has 0 atom stereocenters. The third kappa shape index (κ3) is 3.58. The maximum atomic E-state index is 12.1. The fourth-order valence-electron chi connectivity index (χ4n) is 1.50. The lowest BCUT2D eigenvalue weighted by atomic mass is 10.4. The van der Waals surface area contributed by atoms with Crippen LogP contribution in [-0.2, 0) is 10.0 Å². The van der Waals surface area contributed by atoms with E-state index < -0.39 is 10.0 Å². The normalized spacial score (nSPS) is 11.1. The maximum Gasteiger partial charge on any atom is 0.263 e. The molecule has 0 radical (unpaired) electrons. The number of nitrogens with zero attached hydrogens (tertiary/aromatic N) is 2. The highest BCUT2D eigenvalue weighted by Crippen LogP contribution is 2.18. The third-order valence-electron chi connectivity index (χ3n) is 2.32. The Labute approximate surface area is 122 Å². The molecular weight excluding hydrogens is 300 g/mol. The van der Waals surface area contributed by atoms with E-state index in [4.69, 9.17) is 11.6 Å². The molecule has 0 saturated heterocycles. The van der Waals surface area contributed by atoms with E-state index in [1.807, 2.05) is 6.92 Å². The Bertz CT molecular complexity index is 692. The van der Waals surface area contributed by atoms with Crippen LogP contribution in [0.15, 0.2) is 41.3 Å². The molecule has 0 amide bonds. The Morgan fingerprint density at radius 1 is 1.20 bits per heavy atom. The van der Waals surface area contributed by atoms with Gasteiger partial charge in [0.2, 0.25) is 5.95 Å². The summed E-state index contributed by atoms with van der Waals surface area (Å²) in [5, 5.41) is 3.03. The van der Waals surface area contributed by atoms with Gasteiger partial charge in [-0.3, -0.25) is 4.72 Å². The molecule has 2 aromatic rings. The Morgan fingerprint density at radius 3 is 2.55 bits per heavy atom. The predicted octanol–water partition coefficient (Wildman–Crippen LogP) is 2.36. The van der Waals surface area contributed by atoms with Crippen LogP contribution in [0, 0.1) is 0 Å². The van der Waals surface area contributed by atoms with Crippen molar-refractivity contribution in [1.29, 1.82) is 0 Å². The third-order valence-corrected chi connectivity index (χ3v) is 3.89. The van der Waals surface area contributed by atoms with E-state index in [0.717, 1.165) is 0 Å². The second-order valence-electron chi connectivity index (χ2n) is 3.85. The van der Waals surface area contributed by atoms with Crippen molar-refractivity contribution >= 4 is 33.4 Å². The Kier molecular flexibility index (Phi) is 4.41. The van der Waals surface area contributed by atoms with Crippen molar-refractivity contribution in [3.05, 3.63) is 41.6 Å². The standard InChI is InChI=1S/C12H13ClN4O2S/c1-2-14-12-15-10(13)8-11(16-12)17-20(18,19)9-6-4-3-5-7-9/h3-8H,2H2,1H3,(H2,14,15,16,17). The molecule has 0 aliphatic carbocycles. The molecule has 1 aromatic heterocycles. The Balaban J connectivity index is 2.30. The number of nitrogens with one attached hydrogen (secondary N) is 2. The maximum absolute atomic E-state index is 12.1. The fourth-order valence-corrected chi connectivity index (χ4v) is 2.70. The Morgan fingerprint density at radius 2 is 1.90 bits per heavy atom. The van der Waals surface area contributed by atoms with Crippen LogP contribution in [0.5, 0.6) is 0 Å². The zero-order chi connectivity index (χ0) is 14.6. The van der Waals surface area contributed by atoms with E-state index in [1.54, 1.807) is 18.2 Å². The molecule has 8 heteroatoms. The summed E-state index contributed by atoms with van der Waals surface area (Å²) in [6.07, 6.45) is 0. The van der Waals surface area contributed by atoms with Crippen LogP contribution in [-0.4, -0.2) is 24.9 Å². The molecule has 106 valence electrons. The van der Waals surface area contributed by atoms with Gasteiger partial charge in [-0.15, -0.1) is 0 Å². The van der Waals surface area contributed by atoms with E-state index in [1.165, 1.54) is 18.2 Å². The smallest absolute Gasteiger partial charge is 0.263 e. The average molecular weight is 313 g/mol. The van der Waals surface area contributed by atoms with Gasteiger partial charge in [0.05, 0.1) is 4.90 Å². The first kappa shape index (κ1) is 14.5. The van der Waals surface area contributed by atoms with Crippen molar-refractivity contribution in [2.45, 2.75) is 11.8 Å². The monoisotopic (exact) mass is 312 g/mol. The lowest BCUT2D eigenvalue weighted by molar-refractivity contribution is 0.601. The molecule has 0 bridgehead atoms. The first-order chi connectivity index (χ1) is 9.51. The zero-order valence-electron chi connectivity index (χ0n) is 10.7. The summed E-state index contributed by atoms with van der Waals surface area (Å²) in [5.74, 6) is 0.385. The van der Waals surface area contributed by atoms with Gasteiger partial charge in [0, 0.05) is 12.6 Å². The van der Waals surface area contributed by atoms with Crippen molar-refractivity contribution < 1.29 is 8.42 Å². The highest BCUT2D eigenvalue weighted by atomic mass is 35.5. The van der Waals surface area contributed by atoms with E-state index in [0.29, 0.717) is 6.54 Å². The molecule has 0 spiro atoms. The van der Waals surface area contributed by atoms with Crippen LogP contribution in [0.2, 0.25) is 5.15 Å². The van der Waals surface area contributed by atoms with Crippen LogP contribution in [0.4, 0.5) is 11.8 Å². The van der Waals surface area contributed by atoms with Crippen molar-refractivity contribution in [1.82, 2.24) is 9.97 Å². The zero-order valence-corrected chi connectivity index (χ0v) is 12.2. The quantitative estimate of drug-likeness (QED) is 0.828. The number of benzene rings is 1. The van der Waals surface area contributed by atoms with Gasteiger partial charge < -0.3 is 5.32 Å². The summed E-state index contributed by atoms with van der Waals surface area (Å²) in [7, 11) is -3.69. The Hall–Kier alpha value is -1.86. The van der Waals surface area contributed by atoms with Crippen LogP contribution >= 0.6 is 11.6 Å². The van der Waals surface area contributed by atoms with Crippen molar-refractivity contribution in [3.8, 4) is 0 Å². The summed E-state index contributed by atoms with van der Waals surface area (Å²) in [5.41, 5.74) is 0. The number of aromatic nitrogens is 2. The fraction of sp³-hybridized carbons (Fsp3) is 0.167. The molecule has 0 unspecified atom stereocenters. The molecule has 0 fully saturated rings. The van der Waals surface area contributed by atoms with E-state index >= 15 is 0 Å². The minimum atomic E-state index is -3.69. The van der Waals surface area contributed by atoms with Gasteiger partial charge in [0.1, 0.15) is 11.0 Å². The van der Waals surface area contributed by atoms with Gasteiger partial charge in [0.25, 0.3) is 10.0 Å². The van der Waals surface area contributed by atoms with Crippen molar-refractivity contribution in [3.63, 3.8) is 0 Å². The van der Waals surface area contributed by atoms with E-state index in [2.05, 4.69) is 20.0 Å². The molecular formula is C12H13ClN4O2S. The minimum absolute atomic E-state index is 0.116. The van der Waals surface area contributed by atoms with Gasteiger partial charge in [-0.05, 0) is 19.1 Å². The van der Waals surface area contributed by atoms with Crippen molar-refractivity contribution in [2.75, 3.05) is 16.6 Å². The molecule has 6 nitrogen and oxygen atoms in total. The van der Waals surface area contributed by atoms with Gasteiger partial charge in [-0.1, -0.05) is 29.8 Å². The molecule has 1 heterocycles. The summed E-state index contributed by atoms with van der Waals surface area (Å²) >= 11 is 5.83. The lowest BCUT2D eigenvalue weighted by Gasteiger charge is -2.09. The molecule has 0 saturated carbocycles. The van der Waals surface area contributed by atoms with Crippen molar-refractivity contribution in [2.24, 2.45) is 0 Å². The highest BCUT2D eigenvalue weighted by molar-refractivity contribution is 7.92. The summed E-state index contributed by atoms with van der Waals surface area (Å²) in [4.78, 5) is 8.12. The van der Waals surface area contributed by atoms with Gasteiger partial charge in [-0.25, -0.2) is 13.4 Å². The second kappa shape index (κ2) is 6.06. The van der Waals surface area contributed by atoms with E-state index in [-0.39, 0.29) is 21.8 Å². The number of halogens is 1. The molecule has 2 N–H and O–H groups in total. The molecule has 1 aromatic carbocycles. The largest absolute Gasteiger partial charge is 0.354 e. The molecule has 20 heavy (non-hydrogen) atoms. The molecule has 2 rings (SSSR count). The van der Waals surface area contributed by atoms with E-state index in [9.17, 15) is 8.42 Å². The van der Waals surface area contributed by atoms with Gasteiger partial charge >= 0.3 is 0 Å². The number of anilines is 2. The second-order valence-corrected chi connectivity index (χ2v) is 5.92. The molecule has 0 aliphatic rings. The first-order valence-corrected chi connectivity index (χ1v) is 7.73. The van der Waals surface area contributed by atoms with Crippen LogP contribution < -0.4 is 10.0 Å². The van der Waals surface area contributed by atoms with Crippen LogP contribution in [0.3, 0.4) is 0 Å². The summed E-state index contributed by atoms with van der Waals surface area (Å²) in [6, 6.07) is 9.37. The molecule has 0 aliphatic heterocycles. The van der Waals surface area contributed by atoms with Crippen LogP contribution in [0.1, 0.15) is 6.92 Å². The average Bonchev–Trinajstić information content (AvgIpc) is 2.39. The first-order valence-electron chi connectivity index (χ1n) is 5.87. The van der Waals surface area contributed by atoms with Gasteiger partial charge in [-0.2, -0.15) is 4.98 Å². The number of rotatable bonds is 5. The number of hydrogen-bond donors (Lipinski definition) is 2. The summed E-state index contributed by atoms with van der Waals surface area (Å²) in [6.45, 7) is 2.48. The lowest BCUT2D eigenvalue weighted by Crippen LogP contribution is -2.15. The minimum Gasteiger partial charge on any atom is -0.354 e. The SMILES string of the molecule is CCNc1nc(Cl)cc(NS(=O)(=O)c2ccccc2)n1. The topological polar surface area (TPSA) is 84.0 Å². The highest BCUT2D eigenvalue weighted by Gasteiger charge is 2.15. The number of sulfonamides is 1. The predicted molar refractivity (Wildman–Crippen MR) is 78.5 cm³/mol. The number of hydrogen-bond acceptors (Lipinski definition) is 5. The summed E-state index contributed by atoms with van der Waals surface area (Å²) < 4.78 is 26.7. The van der Waals surface area contributed by atoms with Crippen LogP contribution in [0.25, 0.3) is 0 Å².